The predicted octanol–water partition coefficient (Wildman–Crippen LogP) is 6.77. The number of hydrogen-bond acceptors (Lipinski definition) is 1. The zero-order chi connectivity index (χ0) is 16.7. The van der Waals surface area contributed by atoms with Crippen molar-refractivity contribution in [3.63, 3.8) is 0 Å². The van der Waals surface area contributed by atoms with Gasteiger partial charge in [0.05, 0.1) is 0 Å². The monoisotopic (exact) mass is 320 g/mol. The molecule has 0 saturated carbocycles. The van der Waals surface area contributed by atoms with Crippen LogP contribution in [0.1, 0.15) is 90.4 Å². The third-order valence-electron chi connectivity index (χ3n) is 3.73. The minimum Gasteiger partial charge on any atom is -0.290 e. The van der Waals surface area contributed by atoms with Crippen LogP contribution in [-0.2, 0) is 4.79 Å². The minimum absolute atomic E-state index is 0.357. The van der Waals surface area contributed by atoms with Gasteiger partial charge in [-0.15, -0.1) is 0 Å². The molecule has 0 atom stereocenters. The van der Waals surface area contributed by atoms with Crippen molar-refractivity contribution in [1.82, 2.24) is 0 Å². The van der Waals surface area contributed by atoms with Gasteiger partial charge in [-0.1, -0.05) is 64.0 Å². The van der Waals surface area contributed by atoms with E-state index in [2.05, 4.69) is 19.1 Å². The van der Waals surface area contributed by atoms with E-state index in [0.29, 0.717) is 6.42 Å². The van der Waals surface area contributed by atoms with Gasteiger partial charge in [0.25, 0.3) is 0 Å². The summed E-state index contributed by atoms with van der Waals surface area (Å²) in [6.45, 7) is 2.21. The molecule has 0 saturated heterocycles. The highest BCUT2D eigenvalue weighted by Gasteiger charge is 2.36. The first-order valence-electron chi connectivity index (χ1n) is 8.73. The molecular weight excluding hydrogens is 289 g/mol. The molecule has 0 rings (SSSR count). The molecule has 0 spiro atoms. The van der Waals surface area contributed by atoms with Crippen LogP contribution in [0.3, 0.4) is 0 Å². The lowest BCUT2D eigenvalue weighted by molar-refractivity contribution is -0.171. The van der Waals surface area contributed by atoms with Crippen molar-refractivity contribution >= 4 is 5.78 Å². The number of halogens is 3. The van der Waals surface area contributed by atoms with E-state index in [0.717, 1.165) is 38.5 Å². The lowest BCUT2D eigenvalue weighted by Crippen LogP contribution is -2.22. The van der Waals surface area contributed by atoms with Gasteiger partial charge < -0.3 is 0 Å². The molecule has 0 bridgehead atoms. The summed E-state index contributed by atoms with van der Waals surface area (Å²) in [5, 5.41) is 0. The van der Waals surface area contributed by atoms with Crippen LogP contribution in [0.2, 0.25) is 0 Å². The maximum Gasteiger partial charge on any atom is 0.449 e. The second-order valence-corrected chi connectivity index (χ2v) is 5.90. The van der Waals surface area contributed by atoms with Crippen molar-refractivity contribution in [1.29, 1.82) is 0 Å². The third kappa shape index (κ3) is 14.2. The molecule has 0 aromatic heterocycles. The van der Waals surface area contributed by atoms with E-state index in [9.17, 15) is 18.0 Å². The van der Waals surface area contributed by atoms with Gasteiger partial charge in [-0.3, -0.25) is 4.79 Å². The third-order valence-corrected chi connectivity index (χ3v) is 3.73. The van der Waals surface area contributed by atoms with Crippen molar-refractivity contribution < 1.29 is 18.0 Å². The number of ketones is 1. The predicted molar refractivity (Wildman–Crippen MR) is 85.9 cm³/mol. The first-order valence-corrected chi connectivity index (χ1v) is 8.73. The van der Waals surface area contributed by atoms with Crippen LogP contribution in [0.5, 0.6) is 0 Å². The fourth-order valence-electron chi connectivity index (χ4n) is 2.32. The Labute approximate surface area is 133 Å². The smallest absolute Gasteiger partial charge is 0.290 e. The average Bonchev–Trinajstić information content (AvgIpc) is 2.46. The van der Waals surface area contributed by atoms with Crippen molar-refractivity contribution in [2.45, 2.75) is 96.6 Å². The molecule has 0 aromatic rings. The van der Waals surface area contributed by atoms with Crippen molar-refractivity contribution in [2.75, 3.05) is 0 Å². The molecule has 0 aliphatic carbocycles. The second-order valence-electron chi connectivity index (χ2n) is 5.90. The molecular formula is C18H31F3O. The molecule has 0 radical (unpaired) electrons. The molecule has 4 heteroatoms. The zero-order valence-electron chi connectivity index (χ0n) is 13.9. The van der Waals surface area contributed by atoms with Gasteiger partial charge in [0.15, 0.2) is 0 Å². The van der Waals surface area contributed by atoms with E-state index >= 15 is 0 Å². The van der Waals surface area contributed by atoms with Gasteiger partial charge >= 0.3 is 6.18 Å². The number of carbonyl (C=O) groups is 1. The van der Waals surface area contributed by atoms with E-state index in [1.165, 1.54) is 32.1 Å². The highest BCUT2D eigenvalue weighted by atomic mass is 19.4. The molecule has 0 aromatic carbocycles. The van der Waals surface area contributed by atoms with E-state index in [4.69, 9.17) is 0 Å². The maximum absolute atomic E-state index is 12.0. The SMILES string of the molecule is CCCCCC/C=C\CCCCCCCCC(=O)C(F)(F)F. The van der Waals surface area contributed by atoms with E-state index in [1.807, 2.05) is 0 Å². The number of allylic oxidation sites excluding steroid dienone is 2. The molecule has 0 aliphatic rings. The van der Waals surface area contributed by atoms with E-state index in [-0.39, 0.29) is 6.42 Å². The summed E-state index contributed by atoms with van der Waals surface area (Å²) in [5.74, 6) is -1.59. The summed E-state index contributed by atoms with van der Waals surface area (Å²) in [4.78, 5) is 10.7. The number of Topliss-reactive ketones (excluding diaryl/α,β-unsaturated/α-hetero) is 1. The normalized spacial score (nSPS) is 12.2. The Morgan fingerprint density at radius 2 is 1.23 bits per heavy atom. The van der Waals surface area contributed by atoms with E-state index < -0.39 is 12.0 Å². The van der Waals surface area contributed by atoms with Crippen LogP contribution in [-0.4, -0.2) is 12.0 Å². The zero-order valence-corrected chi connectivity index (χ0v) is 13.9. The first-order chi connectivity index (χ1) is 10.5. The summed E-state index contributed by atoms with van der Waals surface area (Å²) in [6.07, 6.45) is 12.3. The largest absolute Gasteiger partial charge is 0.449 e. The number of unbranched alkanes of at least 4 members (excludes halogenated alkanes) is 10. The highest BCUT2D eigenvalue weighted by Crippen LogP contribution is 2.20. The molecule has 0 aliphatic heterocycles. The van der Waals surface area contributed by atoms with Gasteiger partial charge in [-0.25, -0.2) is 0 Å². The fourth-order valence-corrected chi connectivity index (χ4v) is 2.32. The van der Waals surface area contributed by atoms with Gasteiger partial charge in [0.2, 0.25) is 5.78 Å². The van der Waals surface area contributed by atoms with E-state index in [1.54, 1.807) is 0 Å². The molecule has 0 unspecified atom stereocenters. The Hall–Kier alpha value is -0.800. The van der Waals surface area contributed by atoms with Gasteiger partial charge in [0.1, 0.15) is 0 Å². The molecule has 0 amide bonds. The van der Waals surface area contributed by atoms with Crippen LogP contribution in [0.4, 0.5) is 13.2 Å². The Morgan fingerprint density at radius 3 is 1.73 bits per heavy atom. The average molecular weight is 320 g/mol. The van der Waals surface area contributed by atoms with Gasteiger partial charge in [0, 0.05) is 6.42 Å². The number of hydrogen-bond donors (Lipinski definition) is 0. The number of carbonyl (C=O) groups excluding carboxylic acids is 1. The molecule has 1 nitrogen and oxygen atoms in total. The molecule has 22 heavy (non-hydrogen) atoms. The summed E-state index contributed by atoms with van der Waals surface area (Å²) >= 11 is 0. The molecule has 0 heterocycles. The summed E-state index contributed by atoms with van der Waals surface area (Å²) < 4.78 is 35.9. The molecule has 130 valence electrons. The maximum atomic E-state index is 12.0. The van der Waals surface area contributed by atoms with Crippen LogP contribution in [0.25, 0.3) is 0 Å². The van der Waals surface area contributed by atoms with Gasteiger partial charge in [-0.05, 0) is 32.1 Å². The number of alkyl halides is 3. The lowest BCUT2D eigenvalue weighted by Gasteiger charge is -2.04. The minimum atomic E-state index is -4.65. The quantitative estimate of drug-likeness (QED) is 0.255. The Morgan fingerprint density at radius 1 is 0.773 bits per heavy atom. The second kappa shape index (κ2) is 13.8. The van der Waals surface area contributed by atoms with Crippen molar-refractivity contribution in [3.05, 3.63) is 12.2 Å². The highest BCUT2D eigenvalue weighted by molar-refractivity contribution is 5.83. The number of rotatable bonds is 14. The summed E-state index contributed by atoms with van der Waals surface area (Å²) in [7, 11) is 0. The lowest BCUT2D eigenvalue weighted by atomic mass is 10.1. The standard InChI is InChI=1S/C18H31F3O/c1-2-3-4-5-6-7-8-9-10-11-12-13-14-15-16-17(22)18(19,20)21/h7-8H,2-6,9-16H2,1H3/b8-7-. The van der Waals surface area contributed by atoms with Crippen LogP contribution >= 0.6 is 0 Å². The van der Waals surface area contributed by atoms with Crippen LogP contribution in [0, 0.1) is 0 Å². The fraction of sp³-hybridized carbons (Fsp3) is 0.833. The van der Waals surface area contributed by atoms with Crippen molar-refractivity contribution in [3.8, 4) is 0 Å². The topological polar surface area (TPSA) is 17.1 Å². The van der Waals surface area contributed by atoms with Crippen LogP contribution in [0.15, 0.2) is 12.2 Å². The van der Waals surface area contributed by atoms with Gasteiger partial charge in [-0.2, -0.15) is 13.2 Å². The first kappa shape index (κ1) is 21.2. The van der Waals surface area contributed by atoms with Crippen molar-refractivity contribution in [2.24, 2.45) is 0 Å². The summed E-state index contributed by atoms with van der Waals surface area (Å²) in [5.41, 5.74) is 0. The Kier molecular flexibility index (Phi) is 13.3. The summed E-state index contributed by atoms with van der Waals surface area (Å²) in [6, 6.07) is 0. The Bertz CT molecular complexity index is 295. The van der Waals surface area contributed by atoms with Crippen LogP contribution < -0.4 is 0 Å². The molecule has 0 fully saturated rings. The molecule has 0 N–H and O–H groups in total. The Balaban J connectivity index is 3.24.